The number of hydrogen-bond acceptors (Lipinski definition) is 9. The number of carbonyl (C=O) groups is 1. The van der Waals surface area contributed by atoms with Crippen LogP contribution in [0.25, 0.3) is 10.9 Å². The summed E-state index contributed by atoms with van der Waals surface area (Å²) in [7, 11) is 2.68. The Morgan fingerprint density at radius 2 is 1.88 bits per heavy atom. The first kappa shape index (κ1) is 15.8. The van der Waals surface area contributed by atoms with Gasteiger partial charge < -0.3 is 34.5 Å². The van der Waals surface area contributed by atoms with E-state index in [1.54, 1.807) is 29.2 Å². The molecule has 2 N–H and O–H groups in total. The highest BCUT2D eigenvalue weighted by Crippen LogP contribution is 2.34. The van der Waals surface area contributed by atoms with Crippen molar-refractivity contribution in [3.63, 3.8) is 0 Å². The van der Waals surface area contributed by atoms with Crippen LogP contribution in [0.2, 0.25) is 2.82 Å². The number of fused-ring (bicyclic) bond motifs is 2. The third-order valence-corrected chi connectivity index (χ3v) is 5.49. The van der Waals surface area contributed by atoms with Crippen molar-refractivity contribution in [1.82, 2.24) is 14.9 Å². The lowest BCUT2D eigenvalue weighted by Crippen LogP contribution is -2.54. The number of rotatable bonds is 5. The van der Waals surface area contributed by atoms with Crippen LogP contribution in [0.1, 0.15) is 4.11 Å². The second-order valence-electron chi connectivity index (χ2n) is 7.43. The predicted molar refractivity (Wildman–Crippen MR) is 122 cm³/mol. The minimum absolute atomic E-state index is 0.00884. The van der Waals surface area contributed by atoms with E-state index in [1.807, 2.05) is 0 Å². The zero-order valence-electron chi connectivity index (χ0n) is 23.1. The molecule has 1 aromatic heterocycles. The van der Waals surface area contributed by atoms with Gasteiger partial charge in [-0.2, -0.15) is 4.98 Å². The Bertz CT molecular complexity index is 1400. The normalized spacial score (nSPS) is 21.9. The van der Waals surface area contributed by atoms with Gasteiger partial charge in [0, 0.05) is 37.6 Å². The van der Waals surface area contributed by atoms with E-state index in [-0.39, 0.29) is 84.8 Å². The van der Waals surface area contributed by atoms with Gasteiger partial charge in [0.1, 0.15) is 12.4 Å². The summed E-state index contributed by atoms with van der Waals surface area (Å²) in [6.07, 6.45) is -1.92. The Morgan fingerprint density at radius 1 is 1.15 bits per heavy atom. The Hall–Kier alpha value is -3.95. The zero-order valence-corrected chi connectivity index (χ0v) is 18.1. The van der Waals surface area contributed by atoms with Gasteiger partial charge in [-0.05, 0) is 18.2 Å². The summed E-state index contributed by atoms with van der Waals surface area (Å²) < 4.78 is 63.2. The largest absolute Gasteiger partial charge is 0.493 e. The van der Waals surface area contributed by atoms with Crippen LogP contribution in [0.3, 0.4) is 0 Å². The van der Waals surface area contributed by atoms with Gasteiger partial charge in [0.25, 0.3) is 5.91 Å². The molecule has 0 bridgehead atoms. The number of piperazine rings is 1. The summed E-state index contributed by atoms with van der Waals surface area (Å²) >= 11 is 0. The summed E-state index contributed by atoms with van der Waals surface area (Å²) in [6, 6.07) is 6.51. The molecular weight excluding hydrogens is 426 g/mol. The lowest BCUT2D eigenvalue weighted by molar-refractivity contribution is -0.141. The van der Waals surface area contributed by atoms with Crippen molar-refractivity contribution in [3.8, 4) is 23.0 Å². The number of aromatic nitrogens is 2. The molecule has 1 amide bonds. The number of amides is 1. The number of benzene rings is 2. The van der Waals surface area contributed by atoms with Crippen LogP contribution < -0.4 is 29.6 Å². The maximum Gasteiger partial charge on any atom is 0.267 e. The van der Waals surface area contributed by atoms with Crippen LogP contribution >= 0.6 is 0 Å². The molecule has 0 radical (unpaired) electrons. The van der Waals surface area contributed by atoms with Gasteiger partial charge in [0.2, 0.25) is 12.0 Å². The Kier molecular flexibility index (Phi) is 4.08. The summed E-state index contributed by atoms with van der Waals surface area (Å²) in [5.41, 5.74) is 0.297. The van der Waals surface area contributed by atoms with Crippen molar-refractivity contribution in [2.75, 3.05) is 57.6 Å². The molecule has 1 atom stereocenters. The summed E-state index contributed by atoms with van der Waals surface area (Å²) in [5, 5.41) is 0.0149. The second kappa shape index (κ2) is 8.53. The summed E-state index contributed by atoms with van der Waals surface area (Å²) in [6.45, 7) is 0.797. The average Bonchev–Trinajstić information content (AvgIpc) is 2.93. The Balaban J connectivity index is 1.40. The fraction of sp³-hybridized carbons (Fsp3) is 0.348. The van der Waals surface area contributed by atoms with Crippen molar-refractivity contribution in [1.29, 1.82) is 0 Å². The van der Waals surface area contributed by atoms with Gasteiger partial charge in [-0.3, -0.25) is 4.79 Å². The summed E-state index contributed by atoms with van der Waals surface area (Å²) in [4.78, 5) is 25.3. The molecule has 3 heterocycles. The van der Waals surface area contributed by atoms with Gasteiger partial charge in [0.15, 0.2) is 25.8 Å². The van der Waals surface area contributed by atoms with Gasteiger partial charge >= 0.3 is 0 Å². The number of ether oxygens (including phenoxy) is 4. The van der Waals surface area contributed by atoms with E-state index in [2.05, 4.69) is 9.97 Å². The van der Waals surface area contributed by atoms with Gasteiger partial charge in [-0.1, -0.05) is 12.1 Å². The predicted octanol–water partition coefficient (Wildman–Crippen LogP) is 1.72. The molecule has 2 aliphatic heterocycles. The average molecular weight is 457 g/mol. The third kappa shape index (κ3) is 3.88. The zero-order chi connectivity index (χ0) is 27.2. The number of hydrogen-bond donors (Lipinski definition) is 1. The molecule has 2 aromatic carbocycles. The number of anilines is 2. The fourth-order valence-electron chi connectivity index (χ4n) is 3.76. The molecule has 0 spiro atoms. The Labute approximate surface area is 197 Å². The number of nitrogen functional groups attached to an aromatic ring is 1. The molecule has 5 rings (SSSR count). The van der Waals surface area contributed by atoms with Crippen LogP contribution in [-0.4, -0.2) is 73.9 Å². The van der Waals surface area contributed by atoms with Crippen molar-refractivity contribution in [3.05, 3.63) is 36.4 Å². The number of methoxy groups -OCH3 is 2. The van der Waals surface area contributed by atoms with E-state index in [0.717, 1.165) is 0 Å². The van der Waals surface area contributed by atoms with E-state index in [0.29, 0.717) is 11.5 Å². The Morgan fingerprint density at radius 3 is 2.61 bits per heavy atom. The van der Waals surface area contributed by atoms with E-state index in [1.165, 1.54) is 19.1 Å². The van der Waals surface area contributed by atoms with Crippen LogP contribution in [0.5, 0.6) is 23.0 Å². The molecule has 1 unspecified atom stereocenters. The lowest BCUT2D eigenvalue weighted by Gasteiger charge is -2.37. The van der Waals surface area contributed by atoms with Gasteiger partial charge in [0.05, 0.1) is 23.8 Å². The molecule has 1 saturated heterocycles. The first-order valence-electron chi connectivity index (χ1n) is 12.7. The van der Waals surface area contributed by atoms with Crippen LogP contribution in [0, 0.1) is 0 Å². The first-order chi connectivity index (χ1) is 18.2. The smallest absolute Gasteiger partial charge is 0.267 e. The molecule has 3 aromatic rings. The van der Waals surface area contributed by atoms with E-state index in [4.69, 9.17) is 25.9 Å². The molecule has 2 aliphatic rings. The van der Waals surface area contributed by atoms with Gasteiger partial charge in [-0.25, -0.2) is 4.98 Å². The fourth-order valence-corrected chi connectivity index (χ4v) is 3.76. The number of carbonyl (C=O) groups excluding carboxylic acids is 1. The second-order valence-corrected chi connectivity index (χ2v) is 7.43. The van der Waals surface area contributed by atoms with Crippen molar-refractivity contribution < 1.29 is 30.7 Å². The molecule has 172 valence electrons. The summed E-state index contributed by atoms with van der Waals surface area (Å²) in [5.74, 6) is 0.218. The highest BCUT2D eigenvalue weighted by molar-refractivity contribution is 5.91. The van der Waals surface area contributed by atoms with Crippen LogP contribution in [0.15, 0.2) is 36.4 Å². The quantitative estimate of drug-likeness (QED) is 0.613. The topological polar surface area (TPSA) is 112 Å². The molecule has 10 heteroatoms. The van der Waals surface area contributed by atoms with Crippen molar-refractivity contribution in [2.45, 2.75) is 6.08 Å². The number of nitrogens with two attached hydrogens (primary N) is 1. The van der Waals surface area contributed by atoms with Crippen molar-refractivity contribution in [2.24, 2.45) is 0 Å². The monoisotopic (exact) mass is 456 g/mol. The lowest BCUT2D eigenvalue weighted by atomic mass is 10.2. The standard InChI is InChI=1S/C23H25N5O5/c1-30-18-11-14-15(12-19(18)31-2)25-23(26-21(14)24)28-9-7-27(8-10-28)22(29)20-13-32-16-5-3-4-6-17(16)33-20/h3-6,11-12,20H,7-10,13H2,1-2H3,(H2,24,25,26)/i11D,12D,20D/hD2. The highest BCUT2D eigenvalue weighted by atomic mass is 16.6. The molecule has 0 aliphatic carbocycles. The number of para-hydroxylation sites is 2. The number of nitrogens with zero attached hydrogens (tertiary/aromatic N) is 4. The van der Waals surface area contributed by atoms with Crippen molar-refractivity contribution >= 4 is 28.6 Å². The molecule has 0 saturated carbocycles. The van der Waals surface area contributed by atoms with Gasteiger partial charge in [-0.15, -0.1) is 0 Å². The third-order valence-electron chi connectivity index (χ3n) is 5.49. The molecule has 33 heavy (non-hydrogen) atoms. The SMILES string of the molecule is [2H]c1c(OC)c(OC)c([2H])c2c(N([2H])[2H])nc(N3CCN(C(=O)C4([2H])COc5ccccc5O4)CC3)nc12. The van der Waals surface area contributed by atoms with Crippen LogP contribution in [-0.2, 0) is 4.79 Å². The first-order valence-corrected chi connectivity index (χ1v) is 10.3. The maximum absolute atomic E-state index is 13.2. The van der Waals surface area contributed by atoms with Crippen LogP contribution in [0.4, 0.5) is 11.8 Å². The maximum atomic E-state index is 13.2. The van der Waals surface area contributed by atoms with E-state index < -0.39 is 12.0 Å². The van der Waals surface area contributed by atoms with E-state index in [9.17, 15) is 4.79 Å². The minimum Gasteiger partial charge on any atom is -0.493 e. The molecule has 10 nitrogen and oxygen atoms in total. The van der Waals surface area contributed by atoms with E-state index >= 15 is 0 Å². The highest BCUT2D eigenvalue weighted by Gasteiger charge is 2.33. The molecular formula is C23H25N5O5. The minimum atomic E-state index is -1.92. The molecule has 1 fully saturated rings.